The zero-order valence-electron chi connectivity index (χ0n) is 16.9. The van der Waals surface area contributed by atoms with Crippen molar-refractivity contribution < 1.29 is 27.5 Å². The van der Waals surface area contributed by atoms with Gasteiger partial charge in [0.1, 0.15) is 12.2 Å². The van der Waals surface area contributed by atoms with Gasteiger partial charge in [0.05, 0.1) is 12.1 Å². The minimum absolute atomic E-state index is 0.0572. The van der Waals surface area contributed by atoms with Crippen LogP contribution in [0.3, 0.4) is 0 Å². The lowest BCUT2D eigenvalue weighted by atomic mass is 10.0. The Bertz CT molecular complexity index is 823. The average molecular weight is 427 g/mol. The SMILES string of the molecule is CCN(Cc1nnc[nH]1)C(=O)[C@H](CC(C)C)OC(=O)Nc1ccc(C(F)(F)F)cc1. The first-order valence-electron chi connectivity index (χ1n) is 9.38. The van der Waals surface area contributed by atoms with E-state index >= 15 is 0 Å². The van der Waals surface area contributed by atoms with Crippen molar-refractivity contribution in [3.8, 4) is 0 Å². The lowest BCUT2D eigenvalue weighted by Crippen LogP contribution is -2.42. The zero-order valence-corrected chi connectivity index (χ0v) is 16.9. The highest BCUT2D eigenvalue weighted by Gasteiger charge is 2.31. The van der Waals surface area contributed by atoms with Crippen LogP contribution >= 0.6 is 0 Å². The molecular formula is C19H24F3N5O3. The second kappa shape index (κ2) is 10.1. The smallest absolute Gasteiger partial charge is 0.416 e. The van der Waals surface area contributed by atoms with Gasteiger partial charge in [-0.05, 0) is 43.5 Å². The van der Waals surface area contributed by atoms with E-state index in [0.29, 0.717) is 12.4 Å². The quantitative estimate of drug-likeness (QED) is 0.667. The number of benzene rings is 1. The molecule has 30 heavy (non-hydrogen) atoms. The number of H-pyrrole nitrogens is 1. The fraction of sp³-hybridized carbons (Fsp3) is 0.474. The molecule has 1 aromatic heterocycles. The third kappa shape index (κ3) is 6.75. The van der Waals surface area contributed by atoms with E-state index in [2.05, 4.69) is 20.5 Å². The molecular weight excluding hydrogens is 403 g/mol. The number of nitrogens with zero attached hydrogens (tertiary/aromatic N) is 3. The van der Waals surface area contributed by atoms with E-state index < -0.39 is 29.8 Å². The first-order chi connectivity index (χ1) is 14.1. The Balaban J connectivity index is 2.05. The Kier molecular flexibility index (Phi) is 7.79. The van der Waals surface area contributed by atoms with Crippen molar-refractivity contribution in [3.63, 3.8) is 0 Å². The molecule has 8 nitrogen and oxygen atoms in total. The second-order valence-electron chi connectivity index (χ2n) is 7.01. The second-order valence-corrected chi connectivity index (χ2v) is 7.01. The number of anilines is 1. The van der Waals surface area contributed by atoms with E-state index in [-0.39, 0.29) is 24.6 Å². The maximum atomic E-state index is 12.9. The van der Waals surface area contributed by atoms with Crippen LogP contribution in [0.4, 0.5) is 23.7 Å². The molecule has 2 N–H and O–H groups in total. The van der Waals surface area contributed by atoms with Crippen molar-refractivity contribution in [1.82, 2.24) is 20.1 Å². The van der Waals surface area contributed by atoms with Crippen molar-refractivity contribution in [2.24, 2.45) is 5.92 Å². The summed E-state index contributed by atoms with van der Waals surface area (Å²) in [4.78, 5) is 29.5. The molecule has 2 rings (SSSR count). The van der Waals surface area contributed by atoms with Crippen molar-refractivity contribution in [2.75, 3.05) is 11.9 Å². The highest BCUT2D eigenvalue weighted by Crippen LogP contribution is 2.29. The van der Waals surface area contributed by atoms with Crippen LogP contribution < -0.4 is 5.32 Å². The number of alkyl halides is 3. The normalized spacial score (nSPS) is 12.5. The molecule has 0 radical (unpaired) electrons. The first kappa shape index (κ1) is 23.2. The summed E-state index contributed by atoms with van der Waals surface area (Å²) in [5, 5.41) is 9.87. The van der Waals surface area contributed by atoms with Crippen molar-refractivity contribution in [3.05, 3.63) is 42.0 Å². The number of likely N-dealkylation sites (N-methyl/N-ethyl adjacent to an activating group) is 1. The van der Waals surface area contributed by atoms with Gasteiger partial charge in [-0.3, -0.25) is 10.1 Å². The summed E-state index contributed by atoms with van der Waals surface area (Å²) in [6.07, 6.45) is -4.77. The highest BCUT2D eigenvalue weighted by molar-refractivity contribution is 5.88. The van der Waals surface area contributed by atoms with Crippen LogP contribution in [0.2, 0.25) is 0 Å². The van der Waals surface area contributed by atoms with Gasteiger partial charge in [0.25, 0.3) is 5.91 Å². The van der Waals surface area contributed by atoms with E-state index in [1.165, 1.54) is 11.2 Å². The molecule has 1 heterocycles. The minimum atomic E-state index is -4.47. The number of amides is 2. The molecule has 0 bridgehead atoms. The van der Waals surface area contributed by atoms with Gasteiger partial charge in [-0.15, -0.1) is 10.2 Å². The van der Waals surface area contributed by atoms with Gasteiger partial charge in [0.2, 0.25) is 0 Å². The summed E-state index contributed by atoms with van der Waals surface area (Å²) in [6.45, 7) is 6.07. The predicted molar refractivity (Wildman–Crippen MR) is 102 cm³/mol. The van der Waals surface area contributed by atoms with E-state index in [1.54, 1.807) is 6.92 Å². The van der Waals surface area contributed by atoms with Gasteiger partial charge in [0, 0.05) is 12.2 Å². The monoisotopic (exact) mass is 427 g/mol. The van der Waals surface area contributed by atoms with E-state index in [4.69, 9.17) is 4.74 Å². The average Bonchev–Trinajstić information content (AvgIpc) is 3.17. The topological polar surface area (TPSA) is 100 Å². The summed E-state index contributed by atoms with van der Waals surface area (Å²) in [7, 11) is 0. The number of hydrogen-bond acceptors (Lipinski definition) is 5. The number of carbonyl (C=O) groups is 2. The summed E-state index contributed by atoms with van der Waals surface area (Å²) in [5.74, 6) is 0.148. The van der Waals surface area contributed by atoms with Crippen LogP contribution in [0.5, 0.6) is 0 Å². The van der Waals surface area contributed by atoms with E-state index in [9.17, 15) is 22.8 Å². The minimum Gasteiger partial charge on any atom is -0.436 e. The molecule has 2 amide bonds. The molecule has 0 aliphatic heterocycles. The number of halogens is 3. The van der Waals surface area contributed by atoms with Crippen molar-refractivity contribution in [1.29, 1.82) is 0 Å². The van der Waals surface area contributed by atoms with Crippen LogP contribution in [0, 0.1) is 5.92 Å². The molecule has 164 valence electrons. The molecule has 0 unspecified atom stereocenters. The number of hydrogen-bond donors (Lipinski definition) is 2. The maximum absolute atomic E-state index is 12.9. The molecule has 1 atom stereocenters. The van der Waals surface area contributed by atoms with Gasteiger partial charge >= 0.3 is 12.3 Å². The molecule has 0 spiro atoms. The predicted octanol–water partition coefficient (Wildman–Crippen LogP) is 3.84. The lowest BCUT2D eigenvalue weighted by Gasteiger charge is -2.26. The Labute approximate surface area is 171 Å². The Morgan fingerprint density at radius 1 is 1.23 bits per heavy atom. The molecule has 11 heteroatoms. The summed E-state index contributed by atoms with van der Waals surface area (Å²) in [5.41, 5.74) is -0.710. The summed E-state index contributed by atoms with van der Waals surface area (Å²) in [6, 6.07) is 3.93. The number of nitrogens with one attached hydrogen (secondary N) is 2. The van der Waals surface area contributed by atoms with Crippen LogP contribution in [0.15, 0.2) is 30.6 Å². The van der Waals surface area contributed by atoms with Crippen LogP contribution in [0.25, 0.3) is 0 Å². The molecule has 1 aromatic carbocycles. The number of rotatable bonds is 8. The standard InChI is InChI=1S/C19H24F3N5O3/c1-4-27(10-16-23-11-24-26-16)17(28)15(9-12(2)3)30-18(29)25-14-7-5-13(6-8-14)19(20,21)22/h5-8,11-12,15H,4,9-10H2,1-3H3,(H,25,29)(H,23,24,26)/t15-/m0/s1. The van der Waals surface area contributed by atoms with Gasteiger partial charge in [-0.25, -0.2) is 4.79 Å². The Morgan fingerprint density at radius 3 is 2.40 bits per heavy atom. The fourth-order valence-electron chi connectivity index (χ4n) is 2.68. The first-order valence-corrected chi connectivity index (χ1v) is 9.38. The van der Waals surface area contributed by atoms with Crippen LogP contribution in [-0.4, -0.2) is 44.7 Å². The molecule has 0 saturated heterocycles. The Hall–Kier alpha value is -3.11. The molecule has 0 aliphatic carbocycles. The summed E-state index contributed by atoms with van der Waals surface area (Å²) >= 11 is 0. The lowest BCUT2D eigenvalue weighted by molar-refractivity contribution is -0.141. The van der Waals surface area contributed by atoms with Crippen LogP contribution in [0.1, 0.15) is 38.6 Å². The molecule has 0 saturated carbocycles. The number of ether oxygens (including phenoxy) is 1. The maximum Gasteiger partial charge on any atom is 0.416 e. The van der Waals surface area contributed by atoms with Gasteiger partial charge in [0.15, 0.2) is 6.10 Å². The Morgan fingerprint density at radius 2 is 1.90 bits per heavy atom. The highest BCUT2D eigenvalue weighted by atomic mass is 19.4. The third-order valence-corrected chi connectivity index (χ3v) is 4.17. The van der Waals surface area contributed by atoms with Gasteiger partial charge < -0.3 is 14.6 Å². The summed E-state index contributed by atoms with van der Waals surface area (Å²) < 4.78 is 43.2. The molecule has 0 aliphatic rings. The van der Waals surface area contributed by atoms with Gasteiger partial charge in [-0.2, -0.15) is 13.2 Å². The molecule has 0 fully saturated rings. The van der Waals surface area contributed by atoms with Crippen molar-refractivity contribution >= 4 is 17.7 Å². The van der Waals surface area contributed by atoms with Crippen molar-refractivity contribution in [2.45, 2.75) is 46.0 Å². The van der Waals surface area contributed by atoms with E-state index in [0.717, 1.165) is 24.3 Å². The molecule has 2 aromatic rings. The number of carbonyl (C=O) groups excluding carboxylic acids is 2. The fourth-order valence-corrected chi connectivity index (χ4v) is 2.68. The zero-order chi connectivity index (χ0) is 22.3. The number of aromatic amines is 1. The third-order valence-electron chi connectivity index (χ3n) is 4.17. The van der Waals surface area contributed by atoms with E-state index in [1.807, 2.05) is 13.8 Å². The largest absolute Gasteiger partial charge is 0.436 e. The number of aromatic nitrogens is 3. The van der Waals surface area contributed by atoms with Crippen LogP contribution in [-0.2, 0) is 22.3 Å². The van der Waals surface area contributed by atoms with Gasteiger partial charge in [-0.1, -0.05) is 13.8 Å².